The van der Waals surface area contributed by atoms with Crippen LogP contribution in [-0.2, 0) is 11.2 Å². The Morgan fingerprint density at radius 3 is 2.42 bits per heavy atom. The van der Waals surface area contributed by atoms with Gasteiger partial charge in [0, 0.05) is 17.4 Å². The number of hydrogen-bond acceptors (Lipinski definition) is 5. The number of methoxy groups -OCH3 is 2. The lowest BCUT2D eigenvalue weighted by Crippen LogP contribution is -2.42. The van der Waals surface area contributed by atoms with Crippen LogP contribution in [0.25, 0.3) is 22.1 Å². The van der Waals surface area contributed by atoms with Crippen molar-refractivity contribution in [3.8, 4) is 22.6 Å². The maximum absolute atomic E-state index is 12.7. The largest absolute Gasteiger partial charge is 0.497 e. The van der Waals surface area contributed by atoms with Crippen molar-refractivity contribution in [3.63, 3.8) is 0 Å². The third-order valence-electron chi connectivity index (χ3n) is 5.36. The van der Waals surface area contributed by atoms with Gasteiger partial charge in [-0.15, -0.1) is 0 Å². The van der Waals surface area contributed by atoms with Crippen molar-refractivity contribution in [2.75, 3.05) is 14.2 Å². The molecule has 0 radical (unpaired) electrons. The fraction of sp³-hybridized carbons (Fsp3) is 0.154. The van der Waals surface area contributed by atoms with Crippen molar-refractivity contribution < 1.29 is 28.6 Å². The number of rotatable bonds is 8. The number of carbonyl (C=O) groups excluding carboxylic acids is 1. The van der Waals surface area contributed by atoms with Gasteiger partial charge in [-0.05, 0) is 41.5 Å². The van der Waals surface area contributed by atoms with Crippen LogP contribution in [0.2, 0.25) is 0 Å². The molecular formula is C26H23NO6. The Kier molecular flexibility index (Phi) is 6.31. The summed E-state index contributed by atoms with van der Waals surface area (Å²) in [6.45, 7) is 0. The number of ether oxygens (including phenoxy) is 2. The summed E-state index contributed by atoms with van der Waals surface area (Å²) in [7, 11) is 3.17. The molecule has 2 N–H and O–H groups in total. The van der Waals surface area contributed by atoms with Gasteiger partial charge >= 0.3 is 5.97 Å². The fourth-order valence-corrected chi connectivity index (χ4v) is 3.63. The van der Waals surface area contributed by atoms with E-state index in [0.29, 0.717) is 16.7 Å². The summed E-state index contributed by atoms with van der Waals surface area (Å²) >= 11 is 0. The zero-order valence-corrected chi connectivity index (χ0v) is 18.2. The summed E-state index contributed by atoms with van der Waals surface area (Å²) in [5, 5.41) is 12.9. The molecule has 1 atom stereocenters. The molecule has 0 fully saturated rings. The molecule has 0 aliphatic carbocycles. The second kappa shape index (κ2) is 9.48. The van der Waals surface area contributed by atoms with E-state index in [1.54, 1.807) is 38.5 Å². The molecule has 7 heteroatoms. The number of carbonyl (C=O) groups is 2. The summed E-state index contributed by atoms with van der Waals surface area (Å²) in [5.74, 6) is -0.297. The van der Waals surface area contributed by atoms with Crippen LogP contribution in [-0.4, -0.2) is 37.2 Å². The molecule has 0 saturated heterocycles. The molecule has 0 unspecified atom stereocenters. The van der Waals surface area contributed by atoms with Gasteiger partial charge in [-0.3, -0.25) is 4.79 Å². The van der Waals surface area contributed by atoms with Gasteiger partial charge < -0.3 is 24.3 Å². The number of para-hydroxylation sites is 1. The van der Waals surface area contributed by atoms with E-state index in [0.717, 1.165) is 22.4 Å². The second-order valence-corrected chi connectivity index (χ2v) is 7.48. The van der Waals surface area contributed by atoms with E-state index in [1.165, 1.54) is 0 Å². The summed E-state index contributed by atoms with van der Waals surface area (Å²) in [6.07, 6.45) is 0.126. The molecule has 1 heterocycles. The SMILES string of the molecule is COc1ccc2oc(C(=O)N[C@@H](Cc3ccc(-c4ccccc4OC)cc3)C(=O)O)cc2c1. The number of carboxylic acids is 1. The lowest BCUT2D eigenvalue weighted by Gasteiger charge is -2.14. The molecule has 0 aliphatic heterocycles. The molecule has 168 valence electrons. The predicted molar refractivity (Wildman–Crippen MR) is 124 cm³/mol. The standard InChI is InChI=1S/C26H23NO6/c1-31-19-11-12-22-18(14-19)15-24(33-22)25(28)27-21(26(29)30)13-16-7-9-17(10-8-16)20-5-3-4-6-23(20)32-2/h3-12,14-15,21H,13H2,1-2H3,(H,27,28)(H,29,30)/t21-/m0/s1. The van der Waals surface area contributed by atoms with Crippen molar-refractivity contribution in [1.29, 1.82) is 0 Å². The van der Waals surface area contributed by atoms with Crippen molar-refractivity contribution in [2.45, 2.75) is 12.5 Å². The maximum atomic E-state index is 12.7. The highest BCUT2D eigenvalue weighted by Crippen LogP contribution is 2.30. The molecule has 7 nitrogen and oxygen atoms in total. The highest BCUT2D eigenvalue weighted by molar-refractivity contribution is 5.98. The van der Waals surface area contributed by atoms with E-state index in [-0.39, 0.29) is 12.2 Å². The van der Waals surface area contributed by atoms with E-state index in [9.17, 15) is 14.7 Å². The second-order valence-electron chi connectivity index (χ2n) is 7.48. The molecule has 1 amide bonds. The van der Waals surface area contributed by atoms with Crippen molar-refractivity contribution in [3.05, 3.63) is 84.1 Å². The van der Waals surface area contributed by atoms with Gasteiger partial charge in [0.15, 0.2) is 5.76 Å². The van der Waals surface area contributed by atoms with Gasteiger partial charge in [0.1, 0.15) is 23.1 Å². The Bertz CT molecular complexity index is 1290. The van der Waals surface area contributed by atoms with Crippen LogP contribution < -0.4 is 14.8 Å². The van der Waals surface area contributed by atoms with E-state index in [1.807, 2.05) is 48.5 Å². The molecule has 4 rings (SSSR count). The summed E-state index contributed by atoms with van der Waals surface area (Å²) in [4.78, 5) is 24.5. The molecule has 0 spiro atoms. The topological polar surface area (TPSA) is 98.0 Å². The van der Waals surface area contributed by atoms with Crippen molar-refractivity contribution in [1.82, 2.24) is 5.32 Å². The smallest absolute Gasteiger partial charge is 0.326 e. The molecule has 1 aromatic heterocycles. The third kappa shape index (κ3) is 4.82. The highest BCUT2D eigenvalue weighted by Gasteiger charge is 2.23. The quantitative estimate of drug-likeness (QED) is 0.413. The Labute approximate surface area is 190 Å². The average molecular weight is 445 g/mol. The van der Waals surface area contributed by atoms with Gasteiger partial charge in [-0.1, -0.05) is 42.5 Å². The van der Waals surface area contributed by atoms with E-state index in [4.69, 9.17) is 13.9 Å². The molecule has 0 saturated carbocycles. The van der Waals surface area contributed by atoms with E-state index < -0.39 is 17.9 Å². The summed E-state index contributed by atoms with van der Waals surface area (Å²) in [6, 6.07) is 20.8. The number of amides is 1. The number of hydrogen-bond donors (Lipinski definition) is 2. The van der Waals surface area contributed by atoms with Gasteiger partial charge in [0.25, 0.3) is 5.91 Å². The molecular weight excluding hydrogens is 422 g/mol. The first-order valence-electron chi connectivity index (χ1n) is 10.3. The lowest BCUT2D eigenvalue weighted by molar-refractivity contribution is -0.139. The minimum absolute atomic E-state index is 0.0380. The molecule has 33 heavy (non-hydrogen) atoms. The minimum Gasteiger partial charge on any atom is -0.497 e. The van der Waals surface area contributed by atoms with Crippen LogP contribution in [0, 0.1) is 0 Å². The molecule has 0 bridgehead atoms. The summed E-state index contributed by atoms with van der Waals surface area (Å²) < 4.78 is 16.2. The Morgan fingerprint density at radius 1 is 0.970 bits per heavy atom. The predicted octanol–water partition coefficient (Wildman–Crippen LogP) is 4.54. The number of nitrogens with one attached hydrogen (secondary N) is 1. The lowest BCUT2D eigenvalue weighted by atomic mass is 10.00. The average Bonchev–Trinajstić information content (AvgIpc) is 3.27. The zero-order chi connectivity index (χ0) is 23.4. The van der Waals surface area contributed by atoms with Crippen LogP contribution in [0.3, 0.4) is 0 Å². The van der Waals surface area contributed by atoms with Gasteiger partial charge in [0.05, 0.1) is 14.2 Å². The Balaban J connectivity index is 1.49. The van der Waals surface area contributed by atoms with Crippen LogP contribution >= 0.6 is 0 Å². The van der Waals surface area contributed by atoms with Crippen LogP contribution in [0.5, 0.6) is 11.5 Å². The fourth-order valence-electron chi connectivity index (χ4n) is 3.63. The van der Waals surface area contributed by atoms with Crippen molar-refractivity contribution in [2.24, 2.45) is 0 Å². The van der Waals surface area contributed by atoms with Crippen LogP contribution in [0.15, 0.2) is 77.2 Å². The number of furan rings is 1. The van der Waals surface area contributed by atoms with Crippen molar-refractivity contribution >= 4 is 22.8 Å². The molecule has 4 aromatic rings. The van der Waals surface area contributed by atoms with Crippen LogP contribution in [0.1, 0.15) is 16.1 Å². The third-order valence-corrected chi connectivity index (χ3v) is 5.36. The number of aliphatic carboxylic acids is 1. The zero-order valence-electron chi connectivity index (χ0n) is 18.2. The van der Waals surface area contributed by atoms with Gasteiger partial charge in [0.2, 0.25) is 0 Å². The number of fused-ring (bicyclic) bond motifs is 1. The normalized spacial score (nSPS) is 11.7. The van der Waals surface area contributed by atoms with Gasteiger partial charge in [-0.2, -0.15) is 0 Å². The Morgan fingerprint density at radius 2 is 1.73 bits per heavy atom. The molecule has 3 aromatic carbocycles. The van der Waals surface area contributed by atoms with E-state index in [2.05, 4.69) is 5.32 Å². The minimum atomic E-state index is -1.13. The van der Waals surface area contributed by atoms with Crippen LogP contribution in [0.4, 0.5) is 0 Å². The van der Waals surface area contributed by atoms with Gasteiger partial charge in [-0.25, -0.2) is 4.79 Å². The highest BCUT2D eigenvalue weighted by atomic mass is 16.5. The van der Waals surface area contributed by atoms with E-state index >= 15 is 0 Å². The first-order valence-corrected chi connectivity index (χ1v) is 10.3. The first-order chi connectivity index (χ1) is 16.0. The Hall–Kier alpha value is -4.26. The maximum Gasteiger partial charge on any atom is 0.326 e. The first kappa shape index (κ1) is 22.0. The number of benzene rings is 3. The monoisotopic (exact) mass is 445 g/mol. The number of carboxylic acid groups (broad SMARTS) is 1. The summed E-state index contributed by atoms with van der Waals surface area (Å²) in [5.41, 5.74) is 3.18. The molecule has 0 aliphatic rings.